The van der Waals surface area contributed by atoms with Crippen molar-refractivity contribution in [2.75, 3.05) is 35.0 Å². The Morgan fingerprint density at radius 2 is 1.30 bits per heavy atom. The van der Waals surface area contributed by atoms with Crippen LogP contribution in [0.2, 0.25) is 0 Å². The van der Waals surface area contributed by atoms with E-state index >= 15 is 0 Å². The molecule has 2 bridgehead atoms. The average Bonchev–Trinajstić information content (AvgIpc) is 3.62. The molecule has 9 nitrogen and oxygen atoms in total. The number of benzene rings is 3. The van der Waals surface area contributed by atoms with Crippen molar-refractivity contribution in [2.45, 2.75) is 69.7 Å². The molecule has 1 N–H and O–H groups in total. The van der Waals surface area contributed by atoms with E-state index in [2.05, 4.69) is 29.2 Å². The second kappa shape index (κ2) is 10.5. The molecule has 3 atom stereocenters. The highest BCUT2D eigenvalue weighted by Crippen LogP contribution is 2.61. The molecule has 0 aromatic heterocycles. The van der Waals surface area contributed by atoms with Crippen LogP contribution in [0.25, 0.3) is 21.5 Å². The van der Waals surface area contributed by atoms with Crippen LogP contribution in [0, 0.1) is 11.3 Å². The maximum absolute atomic E-state index is 11.7. The van der Waals surface area contributed by atoms with Crippen molar-refractivity contribution in [2.24, 2.45) is 11.3 Å². The highest BCUT2D eigenvalue weighted by molar-refractivity contribution is 7.88. The molecule has 3 fully saturated rings. The van der Waals surface area contributed by atoms with Crippen molar-refractivity contribution in [3.63, 3.8) is 0 Å². The summed E-state index contributed by atoms with van der Waals surface area (Å²) in [7, 11) is 2.48. The number of Topliss-reactive ketones (excluding diaryl/α,β-unsaturated/α-hetero) is 1. The Morgan fingerprint density at radius 1 is 0.791 bits per heavy atom. The predicted molar refractivity (Wildman–Crippen MR) is 165 cm³/mol. The highest BCUT2D eigenvalue weighted by atomic mass is 32.2. The molecule has 1 saturated heterocycles. The van der Waals surface area contributed by atoms with Gasteiger partial charge < -0.3 is 18.9 Å². The Bertz CT molecular complexity index is 1650. The molecule has 2 aliphatic heterocycles. The zero-order chi connectivity index (χ0) is 30.9. The third kappa shape index (κ3) is 4.31. The minimum atomic E-state index is -4.28. The van der Waals surface area contributed by atoms with Gasteiger partial charge in [-0.05, 0) is 107 Å². The second-order valence-corrected chi connectivity index (χ2v) is 14.5. The molecule has 43 heavy (non-hydrogen) atoms. The third-order valence-corrected chi connectivity index (χ3v) is 12.7. The number of rotatable bonds is 5. The van der Waals surface area contributed by atoms with E-state index in [4.69, 9.17) is 18.9 Å². The Morgan fingerprint density at radius 3 is 1.72 bits per heavy atom. The first-order valence-corrected chi connectivity index (χ1v) is 16.3. The maximum Gasteiger partial charge on any atom is 0.278 e. The Labute approximate surface area is 253 Å². The van der Waals surface area contributed by atoms with E-state index in [-0.39, 0.29) is 18.1 Å². The van der Waals surface area contributed by atoms with E-state index in [9.17, 15) is 17.8 Å². The molecule has 3 aromatic rings. The zero-order valence-corrected chi connectivity index (χ0v) is 26.6. The number of methoxy groups -OCH3 is 4. The van der Waals surface area contributed by atoms with Gasteiger partial charge in [-0.25, -0.2) is 0 Å². The van der Waals surface area contributed by atoms with Gasteiger partial charge in [0.15, 0.2) is 33.5 Å². The molecule has 3 aromatic carbocycles. The lowest BCUT2D eigenvalue weighted by Gasteiger charge is -2.33. The van der Waals surface area contributed by atoms with Crippen LogP contribution in [-0.4, -0.2) is 69.4 Å². The number of hydrogen-bond acceptors (Lipinski definition) is 8. The SMILES string of the molecule is CC1(C)C2CC[C@]1(S(=O)(=O)O)C(=O)C2.COc1cc2c3c(c4cc(OC)c(OC)cc4c2cc1OC)CN1CCCC1C3. The van der Waals surface area contributed by atoms with E-state index in [1.807, 2.05) is 0 Å². The summed E-state index contributed by atoms with van der Waals surface area (Å²) in [4.78, 5) is 14.3. The van der Waals surface area contributed by atoms with Gasteiger partial charge in [-0.1, -0.05) is 13.8 Å². The van der Waals surface area contributed by atoms with Gasteiger partial charge >= 0.3 is 0 Å². The molecule has 0 spiro atoms. The fourth-order valence-corrected chi connectivity index (χ4v) is 10.0. The van der Waals surface area contributed by atoms with Crippen molar-refractivity contribution in [1.82, 2.24) is 4.90 Å². The highest BCUT2D eigenvalue weighted by Gasteiger charge is 2.70. The summed E-state index contributed by atoms with van der Waals surface area (Å²) in [5, 5.41) is 4.82. The molecule has 2 aliphatic carbocycles. The lowest BCUT2D eigenvalue weighted by Crippen LogP contribution is -2.50. The number of fused-ring (bicyclic) bond motifs is 9. The summed E-state index contributed by atoms with van der Waals surface area (Å²) in [5.74, 6) is 2.83. The minimum absolute atomic E-state index is 0.108. The molecule has 0 radical (unpaired) electrons. The van der Waals surface area contributed by atoms with Crippen molar-refractivity contribution >= 4 is 37.4 Å². The van der Waals surface area contributed by atoms with Gasteiger partial charge in [-0.2, -0.15) is 8.42 Å². The van der Waals surface area contributed by atoms with Crippen LogP contribution in [0.3, 0.4) is 0 Å². The van der Waals surface area contributed by atoms with Crippen LogP contribution >= 0.6 is 0 Å². The summed E-state index contributed by atoms with van der Waals surface area (Å²) in [6.45, 7) is 5.70. The van der Waals surface area contributed by atoms with Crippen molar-refractivity contribution in [3.05, 3.63) is 35.4 Å². The first-order chi connectivity index (χ1) is 20.4. The van der Waals surface area contributed by atoms with Crippen LogP contribution in [0.4, 0.5) is 0 Å². The summed E-state index contributed by atoms with van der Waals surface area (Å²) in [6.07, 6.45) is 4.93. The Kier molecular flexibility index (Phi) is 7.34. The van der Waals surface area contributed by atoms with Gasteiger partial charge in [0.1, 0.15) is 0 Å². The molecule has 232 valence electrons. The predicted octanol–water partition coefficient (Wildman–Crippen LogP) is 5.57. The maximum atomic E-state index is 11.7. The summed E-state index contributed by atoms with van der Waals surface area (Å²) in [6, 6.07) is 9.12. The van der Waals surface area contributed by atoms with E-state index in [0.717, 1.165) is 47.8 Å². The van der Waals surface area contributed by atoms with Crippen molar-refractivity contribution < 1.29 is 36.7 Å². The van der Waals surface area contributed by atoms with Crippen LogP contribution in [0.5, 0.6) is 23.0 Å². The quantitative estimate of drug-likeness (QED) is 0.292. The Hall–Kier alpha value is -3.08. The van der Waals surface area contributed by atoms with Crippen molar-refractivity contribution in [3.8, 4) is 23.0 Å². The van der Waals surface area contributed by atoms with Gasteiger partial charge in [0.05, 0.1) is 28.4 Å². The van der Waals surface area contributed by atoms with Crippen LogP contribution in [-0.2, 0) is 27.9 Å². The van der Waals surface area contributed by atoms with E-state index < -0.39 is 20.3 Å². The monoisotopic (exact) mass is 611 g/mol. The first-order valence-electron chi connectivity index (χ1n) is 14.9. The normalized spacial score (nSPS) is 25.7. The van der Waals surface area contributed by atoms with Gasteiger partial charge in [-0.15, -0.1) is 0 Å². The number of nitrogens with zero attached hydrogens (tertiary/aromatic N) is 1. The molecule has 2 heterocycles. The third-order valence-electron chi connectivity index (χ3n) is 10.9. The van der Waals surface area contributed by atoms with E-state index in [1.165, 1.54) is 46.7 Å². The molecule has 2 unspecified atom stereocenters. The van der Waals surface area contributed by atoms with Gasteiger partial charge in [-0.3, -0.25) is 14.2 Å². The number of ketones is 1. The smallest absolute Gasteiger partial charge is 0.278 e. The molecular weight excluding hydrogens is 570 g/mol. The largest absolute Gasteiger partial charge is 0.493 e. The molecule has 7 rings (SSSR count). The number of hydrogen-bond donors (Lipinski definition) is 1. The lowest BCUT2D eigenvalue weighted by atomic mass is 9.81. The second-order valence-electron chi connectivity index (χ2n) is 12.8. The topological polar surface area (TPSA) is 112 Å². The van der Waals surface area contributed by atoms with Gasteiger partial charge in [0.2, 0.25) is 0 Å². The first kappa shape index (κ1) is 30.0. The molecule has 4 aliphatic rings. The van der Waals surface area contributed by atoms with E-state index in [0.29, 0.717) is 12.5 Å². The molecule has 0 amide bonds. The summed E-state index contributed by atoms with van der Waals surface area (Å²) >= 11 is 0. The number of carbonyl (C=O) groups excluding carboxylic acids is 1. The standard InChI is InChI=1S/C24H27NO4.C9H14O4S/c1-26-21-9-16-15-8-14-6-5-7-25(14)13-20(15)19-12-24(29-4)23(28-3)11-18(19)17(16)10-22(21)27-2;1-8(2)6-3-4-9(8,7(10)5-6)14(11,12)13/h9-12,14H,5-8,13H2,1-4H3;6H,3-5H2,1-2H3,(H,11,12,13)/t;6?,9-/m.0/s1. The van der Waals surface area contributed by atoms with Crippen LogP contribution < -0.4 is 18.9 Å². The minimum Gasteiger partial charge on any atom is -0.493 e. The molecule has 10 heteroatoms. The van der Waals surface area contributed by atoms with E-state index in [1.54, 1.807) is 42.3 Å². The average molecular weight is 612 g/mol. The fourth-order valence-electron chi connectivity index (χ4n) is 8.46. The molecule has 2 saturated carbocycles. The lowest BCUT2D eigenvalue weighted by molar-refractivity contribution is -0.121. The summed E-state index contributed by atoms with van der Waals surface area (Å²) < 4.78 is 53.0. The van der Waals surface area contributed by atoms with Crippen LogP contribution in [0.1, 0.15) is 57.1 Å². The van der Waals surface area contributed by atoms with Gasteiger partial charge in [0, 0.05) is 19.0 Å². The number of ether oxygens (including phenoxy) is 4. The number of carbonyl (C=O) groups is 1. The fraction of sp³-hybridized carbons (Fsp3) is 0.545. The summed E-state index contributed by atoms with van der Waals surface area (Å²) in [5.41, 5.74) is 2.22. The van der Waals surface area contributed by atoms with Gasteiger partial charge in [0.25, 0.3) is 10.1 Å². The zero-order valence-electron chi connectivity index (χ0n) is 25.8. The Balaban J connectivity index is 0.000000197. The van der Waals surface area contributed by atoms with Crippen LogP contribution in [0.15, 0.2) is 24.3 Å². The van der Waals surface area contributed by atoms with Crippen molar-refractivity contribution in [1.29, 1.82) is 0 Å². The molecular formula is C33H41NO8S.